The Balaban J connectivity index is 2.08. The Morgan fingerprint density at radius 2 is 2.15 bits per heavy atom. The Hall–Kier alpha value is -1.46. The van der Waals surface area contributed by atoms with Gasteiger partial charge < -0.3 is 10.1 Å². The van der Waals surface area contributed by atoms with Crippen LogP contribution >= 0.6 is 15.9 Å². The van der Waals surface area contributed by atoms with Crippen LogP contribution in [-0.2, 0) is 13.2 Å². The summed E-state index contributed by atoms with van der Waals surface area (Å²) >= 11 is 3.37. The van der Waals surface area contributed by atoms with E-state index in [0.29, 0.717) is 18.9 Å². The maximum absolute atomic E-state index is 13.3. The third kappa shape index (κ3) is 4.28. The molecule has 2 aromatic rings. The molecule has 3 nitrogen and oxygen atoms in total. The van der Waals surface area contributed by atoms with E-state index in [-0.39, 0.29) is 5.82 Å². The molecule has 0 aliphatic rings. The van der Waals surface area contributed by atoms with E-state index in [2.05, 4.69) is 26.2 Å². The first-order chi connectivity index (χ1) is 9.69. The van der Waals surface area contributed by atoms with Crippen molar-refractivity contribution in [1.82, 2.24) is 10.3 Å². The molecule has 0 saturated carbocycles. The molecule has 1 heterocycles. The SMILES string of the molecule is CCNCc1cc(F)ccc1OCc1cncc(Br)c1. The van der Waals surface area contributed by atoms with Gasteiger partial charge in [0.05, 0.1) is 0 Å². The molecule has 2 rings (SSSR count). The Morgan fingerprint density at radius 3 is 2.90 bits per heavy atom. The molecular formula is C15H16BrFN2O. The molecule has 1 aromatic heterocycles. The fraction of sp³-hybridized carbons (Fsp3) is 0.267. The van der Waals surface area contributed by atoms with E-state index in [0.717, 1.165) is 22.1 Å². The first-order valence-electron chi connectivity index (χ1n) is 6.40. The van der Waals surface area contributed by atoms with E-state index in [9.17, 15) is 4.39 Å². The lowest BCUT2D eigenvalue weighted by Crippen LogP contribution is -2.13. The molecule has 0 aliphatic heterocycles. The molecule has 0 radical (unpaired) electrons. The third-order valence-corrected chi connectivity index (χ3v) is 3.18. The van der Waals surface area contributed by atoms with Crippen LogP contribution in [0, 0.1) is 5.82 Å². The lowest BCUT2D eigenvalue weighted by molar-refractivity contribution is 0.301. The van der Waals surface area contributed by atoms with Crippen LogP contribution in [0.4, 0.5) is 4.39 Å². The minimum absolute atomic E-state index is 0.255. The molecule has 5 heteroatoms. The second-order valence-corrected chi connectivity index (χ2v) is 5.25. The maximum atomic E-state index is 13.3. The van der Waals surface area contributed by atoms with Crippen molar-refractivity contribution in [2.24, 2.45) is 0 Å². The molecule has 1 N–H and O–H groups in total. The molecule has 0 amide bonds. The highest BCUT2D eigenvalue weighted by Gasteiger charge is 2.06. The van der Waals surface area contributed by atoms with E-state index in [1.807, 2.05) is 13.0 Å². The lowest BCUT2D eigenvalue weighted by atomic mass is 10.2. The quantitative estimate of drug-likeness (QED) is 0.872. The highest BCUT2D eigenvalue weighted by atomic mass is 79.9. The number of nitrogens with one attached hydrogen (secondary N) is 1. The van der Waals surface area contributed by atoms with Gasteiger partial charge in [-0.3, -0.25) is 4.98 Å². The average Bonchev–Trinajstić information content (AvgIpc) is 2.44. The Labute approximate surface area is 126 Å². The van der Waals surface area contributed by atoms with Gasteiger partial charge in [0, 0.05) is 34.5 Å². The van der Waals surface area contributed by atoms with Gasteiger partial charge in [-0.05, 0) is 46.7 Å². The van der Waals surface area contributed by atoms with Gasteiger partial charge in [-0.15, -0.1) is 0 Å². The summed E-state index contributed by atoms with van der Waals surface area (Å²) in [6.07, 6.45) is 3.47. The topological polar surface area (TPSA) is 34.1 Å². The summed E-state index contributed by atoms with van der Waals surface area (Å²) in [4.78, 5) is 4.08. The van der Waals surface area contributed by atoms with Crippen LogP contribution in [0.3, 0.4) is 0 Å². The Morgan fingerprint density at radius 1 is 1.30 bits per heavy atom. The minimum Gasteiger partial charge on any atom is -0.489 e. The van der Waals surface area contributed by atoms with Crippen LogP contribution < -0.4 is 10.1 Å². The lowest BCUT2D eigenvalue weighted by Gasteiger charge is -2.12. The largest absolute Gasteiger partial charge is 0.489 e. The standard InChI is InChI=1S/C15H16BrFN2O/c1-2-18-8-12-6-14(17)3-4-15(12)20-10-11-5-13(16)9-19-7-11/h3-7,9,18H,2,8,10H2,1H3. The number of hydrogen-bond donors (Lipinski definition) is 1. The van der Waals surface area contributed by atoms with Gasteiger partial charge in [-0.2, -0.15) is 0 Å². The number of ether oxygens (including phenoxy) is 1. The molecule has 20 heavy (non-hydrogen) atoms. The van der Waals surface area contributed by atoms with E-state index >= 15 is 0 Å². The van der Waals surface area contributed by atoms with Crippen molar-refractivity contribution in [2.75, 3.05) is 6.54 Å². The molecule has 0 spiro atoms. The van der Waals surface area contributed by atoms with Crippen LogP contribution in [0.15, 0.2) is 41.1 Å². The third-order valence-electron chi connectivity index (χ3n) is 2.74. The summed E-state index contributed by atoms with van der Waals surface area (Å²) in [5, 5.41) is 3.17. The fourth-order valence-electron chi connectivity index (χ4n) is 1.78. The van der Waals surface area contributed by atoms with Gasteiger partial charge >= 0.3 is 0 Å². The summed E-state index contributed by atoms with van der Waals surface area (Å²) in [5.74, 6) is 0.432. The smallest absolute Gasteiger partial charge is 0.124 e. The second-order valence-electron chi connectivity index (χ2n) is 4.33. The van der Waals surface area contributed by atoms with E-state index in [1.165, 1.54) is 12.1 Å². The zero-order chi connectivity index (χ0) is 14.4. The second kappa shape index (κ2) is 7.36. The van der Waals surface area contributed by atoms with E-state index in [4.69, 9.17) is 4.74 Å². The molecule has 0 saturated heterocycles. The molecule has 0 fully saturated rings. The first-order valence-corrected chi connectivity index (χ1v) is 7.19. The molecule has 0 bridgehead atoms. The predicted octanol–water partition coefficient (Wildman–Crippen LogP) is 3.67. The van der Waals surface area contributed by atoms with Crippen molar-refractivity contribution in [3.8, 4) is 5.75 Å². The van der Waals surface area contributed by atoms with Gasteiger partial charge in [0.25, 0.3) is 0 Å². The number of benzene rings is 1. The molecule has 0 atom stereocenters. The highest BCUT2D eigenvalue weighted by molar-refractivity contribution is 9.10. The number of aromatic nitrogens is 1. The number of pyridine rings is 1. The minimum atomic E-state index is -0.255. The van der Waals surface area contributed by atoms with Crippen molar-refractivity contribution in [1.29, 1.82) is 0 Å². The van der Waals surface area contributed by atoms with Gasteiger partial charge in [-0.1, -0.05) is 6.92 Å². The fourth-order valence-corrected chi connectivity index (χ4v) is 2.19. The van der Waals surface area contributed by atoms with Crippen molar-refractivity contribution in [3.05, 3.63) is 58.1 Å². The number of hydrogen-bond acceptors (Lipinski definition) is 3. The van der Waals surface area contributed by atoms with Crippen molar-refractivity contribution < 1.29 is 9.13 Å². The monoisotopic (exact) mass is 338 g/mol. The summed E-state index contributed by atoms with van der Waals surface area (Å²) in [6.45, 7) is 3.82. The molecule has 0 aliphatic carbocycles. The zero-order valence-electron chi connectivity index (χ0n) is 11.2. The van der Waals surface area contributed by atoms with Crippen molar-refractivity contribution in [2.45, 2.75) is 20.1 Å². The van der Waals surface area contributed by atoms with Gasteiger partial charge in [0.15, 0.2) is 0 Å². The average molecular weight is 339 g/mol. The molecule has 1 aromatic carbocycles. The summed E-state index contributed by atoms with van der Waals surface area (Å²) in [5.41, 5.74) is 1.77. The number of halogens is 2. The summed E-state index contributed by atoms with van der Waals surface area (Å²) in [7, 11) is 0. The zero-order valence-corrected chi connectivity index (χ0v) is 12.8. The van der Waals surface area contributed by atoms with Crippen molar-refractivity contribution in [3.63, 3.8) is 0 Å². The maximum Gasteiger partial charge on any atom is 0.124 e. The van der Waals surface area contributed by atoms with Gasteiger partial charge in [-0.25, -0.2) is 4.39 Å². The van der Waals surface area contributed by atoms with Crippen LogP contribution in [-0.4, -0.2) is 11.5 Å². The Kier molecular flexibility index (Phi) is 5.49. The van der Waals surface area contributed by atoms with Crippen molar-refractivity contribution >= 4 is 15.9 Å². The van der Waals surface area contributed by atoms with Crippen LogP contribution in [0.25, 0.3) is 0 Å². The predicted molar refractivity (Wildman–Crippen MR) is 80.0 cm³/mol. The number of rotatable bonds is 6. The van der Waals surface area contributed by atoms with Crippen LogP contribution in [0.5, 0.6) is 5.75 Å². The summed E-state index contributed by atoms with van der Waals surface area (Å²) < 4.78 is 20.0. The molecular weight excluding hydrogens is 323 g/mol. The van der Waals surface area contributed by atoms with E-state index in [1.54, 1.807) is 18.5 Å². The summed E-state index contributed by atoms with van der Waals surface area (Å²) in [6, 6.07) is 6.51. The molecule has 0 unspecified atom stereocenters. The van der Waals surface area contributed by atoms with Crippen LogP contribution in [0.2, 0.25) is 0 Å². The van der Waals surface area contributed by atoms with Gasteiger partial charge in [0.2, 0.25) is 0 Å². The number of nitrogens with zero attached hydrogens (tertiary/aromatic N) is 1. The first kappa shape index (κ1) is 14.9. The van der Waals surface area contributed by atoms with Crippen LogP contribution in [0.1, 0.15) is 18.1 Å². The normalized spacial score (nSPS) is 10.6. The van der Waals surface area contributed by atoms with E-state index < -0.39 is 0 Å². The Bertz CT molecular complexity index is 578. The highest BCUT2D eigenvalue weighted by Crippen LogP contribution is 2.21. The van der Waals surface area contributed by atoms with Gasteiger partial charge in [0.1, 0.15) is 18.2 Å². The molecule has 106 valence electrons.